The lowest BCUT2D eigenvalue weighted by molar-refractivity contribution is -0.123. The largest absolute Gasteiger partial charge is 0.497 e. The van der Waals surface area contributed by atoms with Crippen LogP contribution in [0.25, 0.3) is 10.9 Å². The number of carbonyl (C=O) groups is 1. The van der Waals surface area contributed by atoms with Gasteiger partial charge in [0.2, 0.25) is 0 Å². The lowest BCUT2D eigenvalue weighted by Crippen LogP contribution is -2.24. The van der Waals surface area contributed by atoms with Gasteiger partial charge in [0.15, 0.2) is 6.61 Å². The van der Waals surface area contributed by atoms with Crippen LogP contribution in [0, 0.1) is 6.92 Å². The normalized spacial score (nSPS) is 10.9. The number of nitrogens with one attached hydrogen (secondary N) is 1. The summed E-state index contributed by atoms with van der Waals surface area (Å²) in [7, 11) is 1.58. The van der Waals surface area contributed by atoms with E-state index in [0.29, 0.717) is 22.2 Å². The van der Waals surface area contributed by atoms with Crippen molar-refractivity contribution < 1.29 is 14.3 Å². The predicted molar refractivity (Wildman–Crippen MR) is 106 cm³/mol. The van der Waals surface area contributed by atoms with E-state index in [4.69, 9.17) is 21.1 Å². The van der Waals surface area contributed by atoms with Crippen molar-refractivity contribution in [2.24, 2.45) is 5.10 Å². The SMILES string of the molecule is COc1ccc(OCC(=O)NN=Cc2cc3ccc(C)cc3nc2Cl)cc1. The molecule has 1 heterocycles. The van der Waals surface area contributed by atoms with Crippen molar-refractivity contribution >= 4 is 34.6 Å². The number of aryl methyl sites for hydroxylation is 1. The molecule has 0 aliphatic carbocycles. The van der Waals surface area contributed by atoms with Crippen LogP contribution in [0.4, 0.5) is 0 Å². The number of nitrogens with zero attached hydrogens (tertiary/aromatic N) is 2. The van der Waals surface area contributed by atoms with Crippen molar-refractivity contribution in [2.45, 2.75) is 6.92 Å². The second-order valence-electron chi connectivity index (χ2n) is 5.82. The number of rotatable bonds is 6. The number of aromatic nitrogens is 1. The summed E-state index contributed by atoms with van der Waals surface area (Å²) in [5, 5.41) is 5.18. The average Bonchev–Trinajstić information content (AvgIpc) is 2.67. The fourth-order valence-corrected chi connectivity index (χ4v) is 2.58. The lowest BCUT2D eigenvalue weighted by Gasteiger charge is -2.06. The molecule has 0 aliphatic rings. The second kappa shape index (κ2) is 8.51. The lowest BCUT2D eigenvalue weighted by atomic mass is 10.1. The molecule has 138 valence electrons. The van der Waals surface area contributed by atoms with Crippen LogP contribution >= 0.6 is 11.6 Å². The predicted octanol–water partition coefficient (Wildman–Crippen LogP) is 3.73. The monoisotopic (exact) mass is 383 g/mol. The number of methoxy groups -OCH3 is 1. The minimum Gasteiger partial charge on any atom is -0.497 e. The summed E-state index contributed by atoms with van der Waals surface area (Å²) in [4.78, 5) is 16.2. The zero-order valence-corrected chi connectivity index (χ0v) is 15.7. The van der Waals surface area contributed by atoms with Gasteiger partial charge in [0.05, 0.1) is 18.8 Å². The van der Waals surface area contributed by atoms with Gasteiger partial charge in [0, 0.05) is 10.9 Å². The molecule has 0 unspecified atom stereocenters. The van der Waals surface area contributed by atoms with Crippen LogP contribution in [-0.4, -0.2) is 30.8 Å². The molecular formula is C20H18ClN3O3. The van der Waals surface area contributed by atoms with Gasteiger partial charge in [-0.25, -0.2) is 10.4 Å². The molecule has 0 atom stereocenters. The number of halogens is 1. The molecule has 0 bridgehead atoms. The molecule has 7 heteroatoms. The van der Waals surface area contributed by atoms with E-state index in [0.717, 1.165) is 16.5 Å². The van der Waals surface area contributed by atoms with Gasteiger partial charge in [0.25, 0.3) is 5.91 Å². The number of hydrogen-bond donors (Lipinski definition) is 1. The van der Waals surface area contributed by atoms with Crippen molar-refractivity contribution in [3.05, 3.63) is 64.8 Å². The van der Waals surface area contributed by atoms with Gasteiger partial charge in [-0.1, -0.05) is 23.7 Å². The maximum absolute atomic E-state index is 11.8. The highest BCUT2D eigenvalue weighted by Gasteiger charge is 2.05. The fourth-order valence-electron chi connectivity index (χ4n) is 2.39. The Morgan fingerprint density at radius 2 is 1.93 bits per heavy atom. The summed E-state index contributed by atoms with van der Waals surface area (Å²) in [6, 6.07) is 14.7. The van der Waals surface area contributed by atoms with E-state index in [1.54, 1.807) is 31.4 Å². The number of fused-ring (bicyclic) bond motifs is 1. The molecule has 6 nitrogen and oxygen atoms in total. The number of pyridine rings is 1. The molecule has 0 spiro atoms. The quantitative estimate of drug-likeness (QED) is 0.400. The number of hydrazone groups is 1. The number of carbonyl (C=O) groups excluding carboxylic acids is 1. The van der Waals surface area contributed by atoms with E-state index in [2.05, 4.69) is 15.5 Å². The Hall–Kier alpha value is -3.12. The minimum atomic E-state index is -0.387. The van der Waals surface area contributed by atoms with E-state index in [9.17, 15) is 4.79 Å². The van der Waals surface area contributed by atoms with E-state index in [-0.39, 0.29) is 12.5 Å². The molecule has 0 saturated heterocycles. The average molecular weight is 384 g/mol. The summed E-state index contributed by atoms with van der Waals surface area (Å²) >= 11 is 6.19. The smallest absolute Gasteiger partial charge is 0.277 e. The highest BCUT2D eigenvalue weighted by atomic mass is 35.5. The van der Waals surface area contributed by atoms with E-state index in [1.165, 1.54) is 6.21 Å². The van der Waals surface area contributed by atoms with E-state index in [1.807, 2.05) is 31.2 Å². The number of benzene rings is 2. The van der Waals surface area contributed by atoms with Gasteiger partial charge < -0.3 is 9.47 Å². The number of amides is 1. The van der Waals surface area contributed by atoms with E-state index < -0.39 is 0 Å². The first-order valence-electron chi connectivity index (χ1n) is 8.21. The molecule has 0 radical (unpaired) electrons. The van der Waals surface area contributed by atoms with Crippen LogP contribution in [-0.2, 0) is 4.79 Å². The Labute approximate surface area is 161 Å². The van der Waals surface area contributed by atoms with Crippen LogP contribution < -0.4 is 14.9 Å². The van der Waals surface area contributed by atoms with Crippen molar-refractivity contribution in [3.63, 3.8) is 0 Å². The van der Waals surface area contributed by atoms with Gasteiger partial charge in [-0.15, -0.1) is 0 Å². The fraction of sp³-hybridized carbons (Fsp3) is 0.150. The third-order valence-electron chi connectivity index (χ3n) is 3.78. The van der Waals surface area contributed by atoms with Gasteiger partial charge >= 0.3 is 0 Å². The zero-order chi connectivity index (χ0) is 19.2. The maximum atomic E-state index is 11.8. The standard InChI is InChI=1S/C20H18ClN3O3/c1-13-3-4-14-10-15(20(21)23-18(14)9-13)11-22-24-19(25)12-27-17-7-5-16(26-2)6-8-17/h3-11H,12H2,1-2H3,(H,24,25). The Morgan fingerprint density at radius 3 is 2.67 bits per heavy atom. The third kappa shape index (κ3) is 4.95. The van der Waals surface area contributed by atoms with Crippen LogP contribution in [0.15, 0.2) is 53.6 Å². The molecule has 3 rings (SSSR count). The van der Waals surface area contributed by atoms with Crippen molar-refractivity contribution in [1.29, 1.82) is 0 Å². The molecule has 1 N–H and O–H groups in total. The van der Waals surface area contributed by atoms with Gasteiger partial charge in [-0.3, -0.25) is 4.79 Å². The first-order valence-corrected chi connectivity index (χ1v) is 8.58. The summed E-state index contributed by atoms with van der Waals surface area (Å²) in [6.45, 7) is 1.83. The van der Waals surface area contributed by atoms with E-state index >= 15 is 0 Å². The molecular weight excluding hydrogens is 366 g/mol. The molecule has 0 saturated carbocycles. The van der Waals surface area contributed by atoms with Crippen molar-refractivity contribution in [1.82, 2.24) is 10.4 Å². The van der Waals surface area contributed by atoms with Gasteiger partial charge in [-0.05, 0) is 48.9 Å². The summed E-state index contributed by atoms with van der Waals surface area (Å²) in [5.74, 6) is 0.891. The zero-order valence-electron chi connectivity index (χ0n) is 14.9. The number of hydrogen-bond acceptors (Lipinski definition) is 5. The molecule has 1 aromatic heterocycles. The third-order valence-corrected chi connectivity index (χ3v) is 4.08. The summed E-state index contributed by atoms with van der Waals surface area (Å²) in [6.07, 6.45) is 1.46. The van der Waals surface area contributed by atoms with Gasteiger partial charge in [-0.2, -0.15) is 5.10 Å². The van der Waals surface area contributed by atoms with Crippen molar-refractivity contribution in [3.8, 4) is 11.5 Å². The van der Waals surface area contributed by atoms with Crippen molar-refractivity contribution in [2.75, 3.05) is 13.7 Å². The topological polar surface area (TPSA) is 72.8 Å². The molecule has 27 heavy (non-hydrogen) atoms. The maximum Gasteiger partial charge on any atom is 0.277 e. The first kappa shape index (κ1) is 18.7. The molecule has 2 aromatic carbocycles. The first-order chi connectivity index (χ1) is 13.0. The Kier molecular flexibility index (Phi) is 5.88. The van der Waals surface area contributed by atoms with Crippen LogP contribution in [0.3, 0.4) is 0 Å². The summed E-state index contributed by atoms with van der Waals surface area (Å²) in [5.41, 5.74) is 4.94. The molecule has 0 aliphatic heterocycles. The molecule has 1 amide bonds. The van der Waals surface area contributed by atoms with Crippen LogP contribution in [0.2, 0.25) is 5.15 Å². The molecule has 3 aromatic rings. The van der Waals surface area contributed by atoms with Gasteiger partial charge in [0.1, 0.15) is 16.7 Å². The summed E-state index contributed by atoms with van der Waals surface area (Å²) < 4.78 is 10.4. The highest BCUT2D eigenvalue weighted by molar-refractivity contribution is 6.32. The Morgan fingerprint density at radius 1 is 1.19 bits per heavy atom. The van der Waals surface area contributed by atoms with Crippen LogP contribution in [0.5, 0.6) is 11.5 Å². The Bertz CT molecular complexity index is 988. The molecule has 0 fully saturated rings. The number of ether oxygens (including phenoxy) is 2. The minimum absolute atomic E-state index is 0.160. The highest BCUT2D eigenvalue weighted by Crippen LogP contribution is 2.20. The Balaban J connectivity index is 1.57. The van der Waals surface area contributed by atoms with Crippen LogP contribution in [0.1, 0.15) is 11.1 Å². The second-order valence-corrected chi connectivity index (χ2v) is 6.18.